The van der Waals surface area contributed by atoms with E-state index < -0.39 is 5.97 Å². The molecule has 4 aromatic heterocycles. The van der Waals surface area contributed by atoms with Crippen molar-refractivity contribution in [1.29, 1.82) is 0 Å². The molecule has 0 amide bonds. The van der Waals surface area contributed by atoms with Gasteiger partial charge in [-0.25, -0.2) is 19.9 Å². The standard InChI is InChI=1S/C22H25N3O2.C20H21N3O2.C14H11BrN2.C13H9BrN2.C7H7BrO.C6H8N2/c1-3-27-22(26)17-9-7-13-25(15-17)18-10-6-8-16(14-18)21-23-19-11-4-5-12-20(19)24(21)2;1-22-18-10-3-2-9-17(18)21-19(22)14-6-4-8-16(12-14)23-11-5-7-15(13-23)20(24)25;1-17-13-8-3-2-7-12(13)16-14(17)10-5-4-6-11(15)9-10;14-10-5-3-4-9(8-10)13-15-11-6-1-2-7-12(11)16-13;1-9-7-4-2-3-6(8)5-7;7-5-3-1-2-4-6(5)8/h4-6,8,10-12,14,17H,3,7,9,13,15H2,1-2H3;2-4,6,8-10,12,15H,5,7,11,13H2,1H3,(H,24,25);2-9H,1H3;1-8H,(H,15,16);2-5H,1H3;1-4H,7-8H2/t17-;15-;;;;/m00..../s1. The molecule has 14 aromatic rings. The molecule has 102 heavy (non-hydrogen) atoms. The van der Waals surface area contributed by atoms with Crippen LogP contribution < -0.4 is 26.0 Å². The first kappa shape index (κ1) is 72.7. The van der Waals surface area contributed by atoms with Crippen LogP contribution >= 0.6 is 47.8 Å². The van der Waals surface area contributed by atoms with Gasteiger partial charge in [0.05, 0.1) is 81.1 Å². The van der Waals surface area contributed by atoms with Gasteiger partial charge in [0.1, 0.15) is 29.0 Å². The highest BCUT2D eigenvalue weighted by molar-refractivity contribution is 9.11. The van der Waals surface area contributed by atoms with E-state index in [-0.39, 0.29) is 17.8 Å². The quantitative estimate of drug-likeness (QED) is 0.0742. The number of nitrogens with zero attached hydrogens (tertiary/aromatic N) is 9. The third kappa shape index (κ3) is 18.3. The highest BCUT2D eigenvalue weighted by atomic mass is 79.9. The van der Waals surface area contributed by atoms with Crippen molar-refractivity contribution >= 4 is 127 Å². The minimum Gasteiger partial charge on any atom is -0.497 e. The Morgan fingerprint density at radius 3 is 1.31 bits per heavy atom. The minimum absolute atomic E-state index is 0.0434. The number of anilines is 4. The molecule has 0 spiro atoms. The number of carboxylic acids is 1. The number of benzene rings is 10. The van der Waals surface area contributed by atoms with Crippen LogP contribution in [-0.4, -0.2) is 95.6 Å². The molecular weight excluding hydrogens is 1470 g/mol. The van der Waals surface area contributed by atoms with Gasteiger partial charge in [0.15, 0.2) is 0 Å². The molecule has 2 aliphatic heterocycles. The molecule has 17 nitrogen and oxygen atoms in total. The highest BCUT2D eigenvalue weighted by Crippen LogP contribution is 2.33. The number of nitrogens with one attached hydrogen (secondary N) is 1. The van der Waals surface area contributed by atoms with Crippen LogP contribution in [0.4, 0.5) is 22.7 Å². The van der Waals surface area contributed by atoms with Crippen molar-refractivity contribution in [1.82, 2.24) is 38.6 Å². The van der Waals surface area contributed by atoms with Crippen LogP contribution in [0.2, 0.25) is 0 Å². The Bertz CT molecular complexity index is 5110. The first-order valence-electron chi connectivity index (χ1n) is 33.7. The lowest BCUT2D eigenvalue weighted by Gasteiger charge is -2.33. The molecule has 0 bridgehead atoms. The number of hydrogen-bond donors (Lipinski definition) is 4. The zero-order chi connectivity index (χ0) is 71.7. The summed E-state index contributed by atoms with van der Waals surface area (Å²) in [6.07, 6.45) is 3.57. The van der Waals surface area contributed by atoms with Crippen LogP contribution in [-0.2, 0) is 35.5 Å². The summed E-state index contributed by atoms with van der Waals surface area (Å²) in [7, 11) is 7.78. The van der Waals surface area contributed by atoms with Crippen molar-refractivity contribution in [2.45, 2.75) is 32.6 Å². The fraction of sp³-hybridized carbons (Fsp3) is 0.195. The number of para-hydroxylation sites is 10. The van der Waals surface area contributed by atoms with Gasteiger partial charge in [-0.15, -0.1) is 0 Å². The number of aromatic amines is 1. The Labute approximate surface area is 619 Å². The number of imidazole rings is 4. The van der Waals surface area contributed by atoms with E-state index in [0.717, 1.165) is 159 Å². The Morgan fingerprint density at radius 1 is 0.480 bits per heavy atom. The maximum Gasteiger partial charge on any atom is 0.310 e. The van der Waals surface area contributed by atoms with Crippen molar-refractivity contribution in [2.75, 3.05) is 61.2 Å². The van der Waals surface area contributed by atoms with Gasteiger partial charge in [-0.1, -0.05) is 163 Å². The van der Waals surface area contributed by atoms with E-state index in [1.807, 2.05) is 173 Å². The molecule has 0 unspecified atom stereocenters. The van der Waals surface area contributed by atoms with Gasteiger partial charge in [-0.2, -0.15) is 0 Å². The Balaban J connectivity index is 0.000000129. The van der Waals surface area contributed by atoms with Crippen molar-refractivity contribution in [3.8, 4) is 51.3 Å². The molecule has 2 fully saturated rings. The van der Waals surface area contributed by atoms with Crippen LogP contribution in [0.1, 0.15) is 32.6 Å². The maximum absolute atomic E-state index is 12.1. The normalized spacial score (nSPS) is 14.0. The number of carboxylic acid groups (broad SMARTS) is 1. The number of halogens is 3. The summed E-state index contributed by atoms with van der Waals surface area (Å²) >= 11 is 10.3. The smallest absolute Gasteiger partial charge is 0.310 e. The number of aromatic nitrogens is 8. The van der Waals surface area contributed by atoms with Crippen LogP contribution in [0, 0.1) is 11.8 Å². The fourth-order valence-corrected chi connectivity index (χ4v) is 13.6. The topological polar surface area (TPSA) is 213 Å². The summed E-state index contributed by atoms with van der Waals surface area (Å²) in [5.41, 5.74) is 27.1. The van der Waals surface area contributed by atoms with Gasteiger partial charge in [-0.3, -0.25) is 9.59 Å². The summed E-state index contributed by atoms with van der Waals surface area (Å²) in [5, 5.41) is 9.31. The number of methoxy groups -OCH3 is 1. The molecule has 6 N–H and O–H groups in total. The number of hydrogen-bond acceptors (Lipinski definition) is 12. The van der Waals surface area contributed by atoms with E-state index in [4.69, 9.17) is 30.9 Å². The molecule has 6 heterocycles. The van der Waals surface area contributed by atoms with Crippen molar-refractivity contribution < 1.29 is 24.2 Å². The van der Waals surface area contributed by atoms with E-state index in [1.54, 1.807) is 19.2 Å². The molecule has 0 aliphatic carbocycles. The van der Waals surface area contributed by atoms with Gasteiger partial charge in [0.25, 0.3) is 0 Å². The molecule has 2 saturated heterocycles. The number of H-pyrrole nitrogens is 1. The van der Waals surface area contributed by atoms with Gasteiger partial charge in [0.2, 0.25) is 0 Å². The predicted octanol–water partition coefficient (Wildman–Crippen LogP) is 18.9. The van der Waals surface area contributed by atoms with E-state index in [1.165, 1.54) is 0 Å². The predicted molar refractivity (Wildman–Crippen MR) is 425 cm³/mol. The second kappa shape index (κ2) is 34.7. The van der Waals surface area contributed by atoms with Crippen molar-refractivity contribution in [2.24, 2.45) is 33.0 Å². The van der Waals surface area contributed by atoms with Crippen LogP contribution in [0.3, 0.4) is 0 Å². The Hall–Kier alpha value is -10.5. The zero-order valence-electron chi connectivity index (χ0n) is 57.5. The second-order valence-electron chi connectivity index (χ2n) is 24.6. The average molecular weight is 1550 g/mol. The van der Waals surface area contributed by atoms with Gasteiger partial charge in [-0.05, 0) is 160 Å². The number of nitrogens with two attached hydrogens (primary N) is 2. The number of fused-ring (bicyclic) bond motifs is 4. The molecule has 16 rings (SSSR count). The lowest BCUT2D eigenvalue weighted by molar-refractivity contribution is -0.148. The zero-order valence-corrected chi connectivity index (χ0v) is 62.3. The summed E-state index contributed by atoms with van der Waals surface area (Å²) in [5.74, 6) is 3.56. The number of rotatable bonds is 10. The molecule has 2 atom stereocenters. The number of piperidine rings is 2. The van der Waals surface area contributed by atoms with Crippen LogP contribution in [0.25, 0.3) is 89.7 Å². The minimum atomic E-state index is -0.698. The molecule has 0 saturated carbocycles. The highest BCUT2D eigenvalue weighted by Gasteiger charge is 2.28. The lowest BCUT2D eigenvalue weighted by Crippen LogP contribution is -2.39. The van der Waals surface area contributed by atoms with Crippen LogP contribution in [0.5, 0.6) is 5.75 Å². The molecule has 0 radical (unpaired) electrons. The summed E-state index contributed by atoms with van der Waals surface area (Å²) in [6, 6.07) is 80.5. The van der Waals surface area contributed by atoms with Gasteiger partial charge in [0, 0.05) is 94.4 Å². The van der Waals surface area contributed by atoms with Gasteiger partial charge >= 0.3 is 11.9 Å². The number of aliphatic carboxylic acids is 1. The maximum atomic E-state index is 12.1. The van der Waals surface area contributed by atoms with E-state index in [0.29, 0.717) is 31.1 Å². The van der Waals surface area contributed by atoms with Crippen molar-refractivity contribution in [3.05, 3.63) is 256 Å². The average Bonchev–Trinajstić information content (AvgIpc) is 1.64. The number of carbonyl (C=O) groups is 2. The largest absolute Gasteiger partial charge is 0.497 e. The first-order valence-corrected chi connectivity index (χ1v) is 36.1. The summed E-state index contributed by atoms with van der Waals surface area (Å²) in [4.78, 5) is 50.0. The number of aryl methyl sites for hydroxylation is 3. The molecular formula is C82H81Br3N12O5. The second-order valence-corrected chi connectivity index (χ2v) is 27.4. The fourth-order valence-electron chi connectivity index (χ4n) is 12.4. The van der Waals surface area contributed by atoms with E-state index in [2.05, 4.69) is 172 Å². The Morgan fingerprint density at radius 2 is 0.882 bits per heavy atom. The summed E-state index contributed by atoms with van der Waals surface area (Å²) in [6.45, 7) is 5.44. The summed E-state index contributed by atoms with van der Waals surface area (Å²) < 4.78 is 19.7. The number of nitrogen functional groups attached to an aromatic ring is 2. The third-order valence-corrected chi connectivity index (χ3v) is 19.2. The molecule has 10 aromatic carbocycles. The van der Waals surface area contributed by atoms with E-state index in [9.17, 15) is 14.7 Å². The van der Waals surface area contributed by atoms with Gasteiger partial charge < -0.3 is 54.5 Å². The molecule has 520 valence electrons. The van der Waals surface area contributed by atoms with Crippen LogP contribution in [0.15, 0.2) is 256 Å². The third-order valence-electron chi connectivity index (χ3n) is 17.7. The molecule has 2 aliphatic rings. The lowest BCUT2D eigenvalue weighted by atomic mass is 9.97. The Kier molecular flexibility index (Phi) is 24.7. The first-order chi connectivity index (χ1) is 49.5. The van der Waals surface area contributed by atoms with Crippen molar-refractivity contribution in [3.63, 3.8) is 0 Å². The number of esters is 1. The number of ether oxygens (including phenoxy) is 2. The number of carbonyl (C=O) groups excluding carboxylic acids is 1. The SMILES string of the molecule is Brc1cccc(-c2nc3ccccc3[nH]2)c1.CCOC(=O)[C@H]1CCCN(c2cccc(-c3nc4ccccc4n3C)c2)C1.COc1cccc(Br)c1.Cn1c(-c2cccc(Br)c2)nc2ccccc21.Cn1c(-c2cccc(N3CCC[C@H](C(=O)O)C3)c2)nc2ccccc21.Nc1ccccc1N. The monoisotopic (exact) mass is 1550 g/mol. The van der Waals surface area contributed by atoms with E-state index >= 15 is 0 Å². The molecule has 20 heteroatoms.